The lowest BCUT2D eigenvalue weighted by Gasteiger charge is -2.10. The molecule has 0 saturated carbocycles. The van der Waals surface area contributed by atoms with E-state index in [4.69, 9.17) is 16.0 Å². The standard InChI is InChI=1S/C16H12ClNO3/c1-10-6-7-11(13(17)8-10)9-18-14-5-3-2-4-12(14)15(19)21-16(18)20/h2-8H,9H2,1H3. The molecule has 0 unspecified atom stereocenters. The summed E-state index contributed by atoms with van der Waals surface area (Å²) in [5.41, 5.74) is 1.75. The van der Waals surface area contributed by atoms with E-state index in [1.807, 2.05) is 25.1 Å². The number of hydrogen-bond acceptors (Lipinski definition) is 3. The maximum Gasteiger partial charge on any atom is 0.422 e. The van der Waals surface area contributed by atoms with Gasteiger partial charge in [0.25, 0.3) is 0 Å². The van der Waals surface area contributed by atoms with Crippen LogP contribution in [0.4, 0.5) is 0 Å². The van der Waals surface area contributed by atoms with Crippen LogP contribution < -0.4 is 11.4 Å². The Morgan fingerprint density at radius 1 is 1.14 bits per heavy atom. The van der Waals surface area contributed by atoms with Crippen molar-refractivity contribution in [3.05, 3.63) is 79.6 Å². The van der Waals surface area contributed by atoms with E-state index < -0.39 is 11.4 Å². The lowest BCUT2D eigenvalue weighted by atomic mass is 10.1. The van der Waals surface area contributed by atoms with Gasteiger partial charge in [-0.15, -0.1) is 0 Å². The van der Waals surface area contributed by atoms with Crippen molar-refractivity contribution in [2.75, 3.05) is 0 Å². The average molecular weight is 302 g/mol. The number of hydrogen-bond donors (Lipinski definition) is 0. The number of fused-ring (bicyclic) bond motifs is 1. The summed E-state index contributed by atoms with van der Waals surface area (Å²) in [7, 11) is 0. The maximum absolute atomic E-state index is 12.0. The summed E-state index contributed by atoms with van der Waals surface area (Å²) in [5, 5.41) is 0.956. The summed E-state index contributed by atoms with van der Waals surface area (Å²) in [6.07, 6.45) is 0. The molecule has 1 heterocycles. The van der Waals surface area contributed by atoms with Gasteiger partial charge in [-0.2, -0.15) is 0 Å². The van der Waals surface area contributed by atoms with Gasteiger partial charge >= 0.3 is 11.4 Å². The first-order chi connectivity index (χ1) is 10.1. The Balaban J connectivity index is 2.21. The molecular formula is C16H12ClNO3. The van der Waals surface area contributed by atoms with E-state index in [0.717, 1.165) is 11.1 Å². The third-order valence-electron chi connectivity index (χ3n) is 3.35. The molecule has 0 saturated heterocycles. The highest BCUT2D eigenvalue weighted by Crippen LogP contribution is 2.19. The Morgan fingerprint density at radius 3 is 2.67 bits per heavy atom. The molecule has 0 N–H and O–H groups in total. The fourth-order valence-electron chi connectivity index (χ4n) is 2.27. The summed E-state index contributed by atoms with van der Waals surface area (Å²) < 4.78 is 6.18. The van der Waals surface area contributed by atoms with Crippen LogP contribution in [0.1, 0.15) is 11.1 Å². The van der Waals surface area contributed by atoms with Gasteiger partial charge in [-0.05, 0) is 36.2 Å². The minimum absolute atomic E-state index is 0.252. The van der Waals surface area contributed by atoms with Gasteiger partial charge in [0, 0.05) is 5.02 Å². The summed E-state index contributed by atoms with van der Waals surface area (Å²) in [4.78, 5) is 23.7. The van der Waals surface area contributed by atoms with Crippen molar-refractivity contribution in [1.29, 1.82) is 0 Å². The normalized spacial score (nSPS) is 11.0. The molecule has 0 radical (unpaired) electrons. The second kappa shape index (κ2) is 5.22. The van der Waals surface area contributed by atoms with Crippen LogP contribution in [0.15, 0.2) is 56.5 Å². The van der Waals surface area contributed by atoms with E-state index >= 15 is 0 Å². The van der Waals surface area contributed by atoms with Crippen molar-refractivity contribution < 1.29 is 4.42 Å². The first kappa shape index (κ1) is 13.6. The Hall–Kier alpha value is -2.33. The Kier molecular flexibility index (Phi) is 3.39. The second-order valence-corrected chi connectivity index (χ2v) is 5.26. The lowest BCUT2D eigenvalue weighted by molar-refractivity contribution is 0.425. The predicted molar refractivity (Wildman–Crippen MR) is 82.0 cm³/mol. The smallest absolute Gasteiger partial charge is 0.372 e. The number of halogens is 1. The minimum atomic E-state index is -0.685. The summed E-state index contributed by atoms with van der Waals surface area (Å²) in [5.74, 6) is -0.685. The zero-order chi connectivity index (χ0) is 15.0. The molecule has 21 heavy (non-hydrogen) atoms. The van der Waals surface area contributed by atoms with Crippen LogP contribution in [0.5, 0.6) is 0 Å². The van der Waals surface area contributed by atoms with Gasteiger partial charge in [0.1, 0.15) is 0 Å². The Morgan fingerprint density at radius 2 is 1.90 bits per heavy atom. The summed E-state index contributed by atoms with van der Waals surface area (Å²) >= 11 is 6.21. The molecule has 0 aliphatic carbocycles. The zero-order valence-electron chi connectivity index (χ0n) is 11.3. The van der Waals surface area contributed by atoms with Crippen LogP contribution in [0.3, 0.4) is 0 Å². The predicted octanol–water partition coefficient (Wildman–Crippen LogP) is 2.96. The van der Waals surface area contributed by atoms with Crippen LogP contribution in [0, 0.1) is 6.92 Å². The third kappa shape index (κ3) is 2.50. The fraction of sp³-hybridized carbons (Fsp3) is 0.125. The molecule has 1 aromatic heterocycles. The van der Waals surface area contributed by atoms with Crippen LogP contribution in [-0.4, -0.2) is 4.57 Å². The summed E-state index contributed by atoms with van der Waals surface area (Å²) in [6.45, 7) is 2.20. The van der Waals surface area contributed by atoms with E-state index in [1.54, 1.807) is 24.3 Å². The number of para-hydroxylation sites is 1. The molecule has 0 aliphatic heterocycles. The molecule has 0 spiro atoms. The molecule has 3 aromatic rings. The number of aromatic nitrogens is 1. The number of rotatable bonds is 2. The summed E-state index contributed by atoms with van der Waals surface area (Å²) in [6, 6.07) is 12.5. The SMILES string of the molecule is Cc1ccc(Cn2c(=O)oc(=O)c3ccccc32)c(Cl)c1. The molecule has 4 nitrogen and oxygen atoms in total. The Bertz CT molecular complexity index is 940. The van der Waals surface area contributed by atoms with Gasteiger partial charge in [-0.3, -0.25) is 4.57 Å². The second-order valence-electron chi connectivity index (χ2n) is 4.85. The Labute approximate surface area is 125 Å². The highest BCUT2D eigenvalue weighted by atomic mass is 35.5. The fourth-order valence-corrected chi connectivity index (χ4v) is 2.56. The average Bonchev–Trinajstić information content (AvgIpc) is 2.45. The molecule has 0 aliphatic rings. The van der Waals surface area contributed by atoms with Gasteiger partial charge in [-0.25, -0.2) is 9.59 Å². The number of aryl methyl sites for hydroxylation is 1. The van der Waals surface area contributed by atoms with Crippen molar-refractivity contribution in [2.45, 2.75) is 13.5 Å². The van der Waals surface area contributed by atoms with Crippen LogP contribution in [-0.2, 0) is 6.54 Å². The third-order valence-corrected chi connectivity index (χ3v) is 3.70. The molecule has 0 amide bonds. The van der Waals surface area contributed by atoms with E-state index in [-0.39, 0.29) is 6.54 Å². The highest BCUT2D eigenvalue weighted by Gasteiger charge is 2.10. The molecule has 0 fully saturated rings. The van der Waals surface area contributed by atoms with Crippen molar-refractivity contribution in [3.8, 4) is 0 Å². The van der Waals surface area contributed by atoms with E-state index in [9.17, 15) is 9.59 Å². The molecule has 5 heteroatoms. The zero-order valence-corrected chi connectivity index (χ0v) is 12.1. The molecule has 0 bridgehead atoms. The monoisotopic (exact) mass is 301 g/mol. The van der Waals surface area contributed by atoms with Gasteiger partial charge < -0.3 is 4.42 Å². The lowest BCUT2D eigenvalue weighted by Crippen LogP contribution is -2.25. The molecule has 106 valence electrons. The number of benzene rings is 2. The first-order valence-corrected chi connectivity index (χ1v) is 6.82. The van der Waals surface area contributed by atoms with E-state index in [1.165, 1.54) is 4.57 Å². The number of nitrogens with zero attached hydrogens (tertiary/aromatic N) is 1. The van der Waals surface area contributed by atoms with E-state index in [0.29, 0.717) is 15.9 Å². The van der Waals surface area contributed by atoms with Gasteiger partial charge in [-0.1, -0.05) is 35.9 Å². The quantitative estimate of drug-likeness (QED) is 0.731. The van der Waals surface area contributed by atoms with Crippen LogP contribution in [0.25, 0.3) is 10.9 Å². The molecule has 0 atom stereocenters. The maximum atomic E-state index is 12.0. The minimum Gasteiger partial charge on any atom is -0.372 e. The van der Waals surface area contributed by atoms with Crippen molar-refractivity contribution in [3.63, 3.8) is 0 Å². The molecule has 2 aromatic carbocycles. The largest absolute Gasteiger partial charge is 0.422 e. The van der Waals surface area contributed by atoms with Crippen LogP contribution in [0.2, 0.25) is 5.02 Å². The van der Waals surface area contributed by atoms with Crippen LogP contribution >= 0.6 is 11.6 Å². The van der Waals surface area contributed by atoms with Gasteiger partial charge in [0.05, 0.1) is 17.4 Å². The first-order valence-electron chi connectivity index (χ1n) is 6.44. The van der Waals surface area contributed by atoms with Crippen molar-refractivity contribution >= 4 is 22.5 Å². The van der Waals surface area contributed by atoms with Crippen molar-refractivity contribution in [1.82, 2.24) is 4.57 Å². The topological polar surface area (TPSA) is 52.2 Å². The van der Waals surface area contributed by atoms with Gasteiger partial charge in [0.2, 0.25) is 0 Å². The highest BCUT2D eigenvalue weighted by molar-refractivity contribution is 6.31. The van der Waals surface area contributed by atoms with Gasteiger partial charge in [0.15, 0.2) is 0 Å². The van der Waals surface area contributed by atoms with Crippen molar-refractivity contribution in [2.24, 2.45) is 0 Å². The molecule has 3 rings (SSSR count). The molecular weight excluding hydrogens is 290 g/mol. The van der Waals surface area contributed by atoms with E-state index in [2.05, 4.69) is 0 Å².